The summed E-state index contributed by atoms with van der Waals surface area (Å²) in [5, 5.41) is 0. The molecule has 2 aromatic rings. The van der Waals surface area contributed by atoms with Crippen molar-refractivity contribution in [2.45, 2.75) is 18.8 Å². The number of aryl methyl sites for hydroxylation is 1. The highest BCUT2D eigenvalue weighted by Crippen LogP contribution is 2.42. The number of ether oxygens (including phenoxy) is 2. The summed E-state index contributed by atoms with van der Waals surface area (Å²) in [6.07, 6.45) is 2.30. The van der Waals surface area contributed by atoms with Crippen molar-refractivity contribution in [3.63, 3.8) is 0 Å². The molecule has 0 saturated heterocycles. The van der Waals surface area contributed by atoms with Crippen molar-refractivity contribution < 1.29 is 9.47 Å². The predicted molar refractivity (Wildman–Crippen MR) is 76.2 cm³/mol. The molecule has 1 atom stereocenters. The minimum absolute atomic E-state index is 0.442. The van der Waals surface area contributed by atoms with Crippen molar-refractivity contribution in [2.24, 2.45) is 0 Å². The van der Waals surface area contributed by atoms with Crippen LogP contribution in [0.1, 0.15) is 29.0 Å². The third-order valence-corrected chi connectivity index (χ3v) is 3.95. The van der Waals surface area contributed by atoms with Gasteiger partial charge in [-0.15, -0.1) is 0 Å². The summed E-state index contributed by atoms with van der Waals surface area (Å²) in [5.41, 5.74) is 4.16. The Balaban J connectivity index is 2.04. The van der Waals surface area contributed by atoms with Crippen molar-refractivity contribution in [3.05, 3.63) is 59.2 Å². The van der Waals surface area contributed by atoms with Crippen LogP contribution in [0, 0.1) is 0 Å². The van der Waals surface area contributed by atoms with Crippen molar-refractivity contribution in [1.29, 1.82) is 0 Å². The van der Waals surface area contributed by atoms with E-state index >= 15 is 0 Å². The van der Waals surface area contributed by atoms with Gasteiger partial charge in [0.1, 0.15) is 11.5 Å². The number of rotatable bonds is 3. The second kappa shape index (κ2) is 4.96. The molecule has 1 unspecified atom stereocenters. The number of hydrogen-bond donors (Lipinski definition) is 0. The fourth-order valence-corrected chi connectivity index (χ4v) is 2.99. The fraction of sp³-hybridized carbons (Fsp3) is 0.294. The quantitative estimate of drug-likeness (QED) is 0.829. The van der Waals surface area contributed by atoms with Crippen LogP contribution >= 0.6 is 0 Å². The van der Waals surface area contributed by atoms with Crippen LogP contribution in [0.25, 0.3) is 0 Å². The van der Waals surface area contributed by atoms with Crippen LogP contribution in [0.15, 0.2) is 42.5 Å². The standard InChI is InChI=1S/C17H18O2/c1-18-13-8-10-16(17(11-13)19-2)15-9-7-12-5-3-4-6-14(12)15/h3-6,8,10-11,15H,7,9H2,1-2H3. The third kappa shape index (κ3) is 2.07. The van der Waals surface area contributed by atoms with Gasteiger partial charge in [0.2, 0.25) is 0 Å². The highest BCUT2D eigenvalue weighted by Gasteiger charge is 2.26. The van der Waals surface area contributed by atoms with Gasteiger partial charge in [-0.1, -0.05) is 30.3 Å². The summed E-state index contributed by atoms with van der Waals surface area (Å²) in [5.74, 6) is 2.20. The molecular weight excluding hydrogens is 236 g/mol. The van der Waals surface area contributed by atoms with E-state index in [0.717, 1.165) is 24.3 Å². The summed E-state index contributed by atoms with van der Waals surface area (Å²) in [6, 6.07) is 14.8. The van der Waals surface area contributed by atoms with Crippen LogP contribution < -0.4 is 9.47 Å². The van der Waals surface area contributed by atoms with Gasteiger partial charge >= 0.3 is 0 Å². The van der Waals surface area contributed by atoms with E-state index in [1.807, 2.05) is 12.1 Å². The van der Waals surface area contributed by atoms with E-state index in [9.17, 15) is 0 Å². The fourth-order valence-electron chi connectivity index (χ4n) is 2.99. The summed E-state index contributed by atoms with van der Waals surface area (Å²) in [4.78, 5) is 0. The van der Waals surface area contributed by atoms with Crippen molar-refractivity contribution >= 4 is 0 Å². The van der Waals surface area contributed by atoms with E-state index < -0.39 is 0 Å². The van der Waals surface area contributed by atoms with Gasteiger partial charge in [0.15, 0.2) is 0 Å². The maximum atomic E-state index is 5.54. The Hall–Kier alpha value is -1.96. The SMILES string of the molecule is COc1ccc(C2CCc3ccccc32)c(OC)c1. The first kappa shape index (κ1) is 12.1. The van der Waals surface area contributed by atoms with Gasteiger partial charge in [-0.25, -0.2) is 0 Å². The highest BCUT2D eigenvalue weighted by atomic mass is 16.5. The van der Waals surface area contributed by atoms with Crippen LogP contribution in [0.3, 0.4) is 0 Å². The molecule has 2 heteroatoms. The van der Waals surface area contributed by atoms with Crippen molar-refractivity contribution in [2.75, 3.05) is 14.2 Å². The molecule has 19 heavy (non-hydrogen) atoms. The molecule has 0 heterocycles. The second-order valence-electron chi connectivity index (χ2n) is 4.90. The van der Waals surface area contributed by atoms with E-state index in [0.29, 0.717) is 5.92 Å². The first-order chi connectivity index (χ1) is 9.33. The third-order valence-electron chi connectivity index (χ3n) is 3.95. The second-order valence-corrected chi connectivity index (χ2v) is 4.90. The van der Waals surface area contributed by atoms with E-state index in [2.05, 4.69) is 30.3 Å². The molecule has 0 aliphatic heterocycles. The maximum absolute atomic E-state index is 5.54. The number of hydrogen-bond acceptors (Lipinski definition) is 2. The zero-order chi connectivity index (χ0) is 13.2. The minimum atomic E-state index is 0.442. The van der Waals surface area contributed by atoms with Crippen LogP contribution in [-0.2, 0) is 6.42 Å². The highest BCUT2D eigenvalue weighted by molar-refractivity contribution is 5.50. The van der Waals surface area contributed by atoms with Crippen LogP contribution in [0.2, 0.25) is 0 Å². The van der Waals surface area contributed by atoms with Crippen molar-refractivity contribution in [1.82, 2.24) is 0 Å². The Morgan fingerprint density at radius 3 is 2.58 bits per heavy atom. The summed E-state index contributed by atoms with van der Waals surface area (Å²) >= 11 is 0. The molecule has 2 nitrogen and oxygen atoms in total. The molecule has 1 aliphatic rings. The molecule has 3 rings (SSSR count). The minimum Gasteiger partial charge on any atom is -0.497 e. The first-order valence-corrected chi connectivity index (χ1v) is 6.63. The lowest BCUT2D eigenvalue weighted by Gasteiger charge is -2.17. The Labute approximate surface area is 114 Å². The van der Waals surface area contributed by atoms with E-state index in [1.165, 1.54) is 16.7 Å². The molecule has 0 saturated carbocycles. The number of fused-ring (bicyclic) bond motifs is 1. The van der Waals surface area contributed by atoms with Crippen LogP contribution in [-0.4, -0.2) is 14.2 Å². The molecule has 0 bridgehead atoms. The van der Waals surface area contributed by atoms with Gasteiger partial charge in [-0.3, -0.25) is 0 Å². The van der Waals surface area contributed by atoms with Crippen LogP contribution in [0.4, 0.5) is 0 Å². The lowest BCUT2D eigenvalue weighted by Crippen LogP contribution is -2.00. The zero-order valence-electron chi connectivity index (χ0n) is 11.3. The molecule has 0 amide bonds. The first-order valence-electron chi connectivity index (χ1n) is 6.63. The molecular formula is C17H18O2. The topological polar surface area (TPSA) is 18.5 Å². The summed E-state index contributed by atoms with van der Waals surface area (Å²) in [6.45, 7) is 0. The van der Waals surface area contributed by atoms with E-state index in [4.69, 9.17) is 9.47 Å². The number of benzene rings is 2. The molecule has 0 fully saturated rings. The lowest BCUT2D eigenvalue weighted by atomic mass is 9.92. The normalized spacial score (nSPS) is 17.1. The van der Waals surface area contributed by atoms with Crippen LogP contribution in [0.5, 0.6) is 11.5 Å². The van der Waals surface area contributed by atoms with Gasteiger partial charge in [-0.2, -0.15) is 0 Å². The smallest absolute Gasteiger partial charge is 0.126 e. The Kier molecular flexibility index (Phi) is 3.16. The van der Waals surface area contributed by atoms with E-state index in [-0.39, 0.29) is 0 Å². The average Bonchev–Trinajstić information content (AvgIpc) is 2.90. The van der Waals surface area contributed by atoms with Gasteiger partial charge < -0.3 is 9.47 Å². The molecule has 0 aromatic heterocycles. The van der Waals surface area contributed by atoms with Gasteiger partial charge in [0.05, 0.1) is 14.2 Å². The number of methoxy groups -OCH3 is 2. The average molecular weight is 254 g/mol. The van der Waals surface area contributed by atoms with Gasteiger partial charge in [-0.05, 0) is 30.0 Å². The Bertz CT molecular complexity index is 590. The molecule has 0 radical (unpaired) electrons. The monoisotopic (exact) mass is 254 g/mol. The van der Waals surface area contributed by atoms with Gasteiger partial charge in [0.25, 0.3) is 0 Å². The van der Waals surface area contributed by atoms with Gasteiger partial charge in [0, 0.05) is 17.5 Å². The summed E-state index contributed by atoms with van der Waals surface area (Å²) in [7, 11) is 3.40. The Morgan fingerprint density at radius 1 is 0.947 bits per heavy atom. The summed E-state index contributed by atoms with van der Waals surface area (Å²) < 4.78 is 10.8. The molecule has 2 aromatic carbocycles. The molecule has 1 aliphatic carbocycles. The molecule has 0 spiro atoms. The zero-order valence-corrected chi connectivity index (χ0v) is 11.3. The van der Waals surface area contributed by atoms with Crippen molar-refractivity contribution in [3.8, 4) is 11.5 Å². The lowest BCUT2D eigenvalue weighted by molar-refractivity contribution is 0.389. The van der Waals surface area contributed by atoms with E-state index in [1.54, 1.807) is 14.2 Å². The maximum Gasteiger partial charge on any atom is 0.126 e. The molecule has 98 valence electrons. The molecule has 0 N–H and O–H groups in total. The Morgan fingerprint density at radius 2 is 1.79 bits per heavy atom. The predicted octanol–water partition coefficient (Wildman–Crippen LogP) is 3.78. The largest absolute Gasteiger partial charge is 0.497 e.